The van der Waals surface area contributed by atoms with Gasteiger partial charge in [0.25, 0.3) is 5.91 Å². The highest BCUT2D eigenvalue weighted by Gasteiger charge is 2.11. The van der Waals surface area contributed by atoms with E-state index in [-0.39, 0.29) is 11.3 Å². The topological polar surface area (TPSA) is 51.2 Å². The van der Waals surface area contributed by atoms with Gasteiger partial charge in [0.05, 0.1) is 12.8 Å². The first-order valence-electron chi connectivity index (χ1n) is 5.37. The maximum atomic E-state index is 13.5. The van der Waals surface area contributed by atoms with Gasteiger partial charge in [-0.2, -0.15) is 0 Å². The van der Waals surface area contributed by atoms with Gasteiger partial charge < -0.3 is 10.1 Å². The summed E-state index contributed by atoms with van der Waals surface area (Å²) in [5.74, 6) is -0.908. The van der Waals surface area contributed by atoms with Crippen molar-refractivity contribution in [2.45, 2.75) is 0 Å². The Hall–Kier alpha value is -1.95. The number of pyridine rings is 1. The summed E-state index contributed by atoms with van der Waals surface area (Å²) in [6.07, 6.45) is 1.59. The van der Waals surface area contributed by atoms with E-state index in [4.69, 9.17) is 4.74 Å². The second-order valence-electron chi connectivity index (χ2n) is 3.65. The zero-order chi connectivity index (χ0) is 13.8. The number of benzene rings is 1. The molecule has 1 heterocycles. The van der Waals surface area contributed by atoms with Crippen LogP contribution in [0.2, 0.25) is 0 Å². The maximum Gasteiger partial charge on any atom is 0.255 e. The molecule has 0 fully saturated rings. The lowest BCUT2D eigenvalue weighted by molar-refractivity contribution is 0.102. The summed E-state index contributed by atoms with van der Waals surface area (Å²) in [5.41, 5.74) is 0.720. The van der Waals surface area contributed by atoms with E-state index in [0.29, 0.717) is 10.3 Å². The van der Waals surface area contributed by atoms with Crippen LogP contribution in [-0.2, 0) is 0 Å². The van der Waals surface area contributed by atoms with Gasteiger partial charge in [-0.05, 0) is 46.3 Å². The standard InChI is InChI=1S/C13H10BrFN2O2/c1-19-11-5-4-8(7-9(11)15)13(18)17-10-3-2-6-16-12(10)14/h2-7H,1H3,(H,17,18). The van der Waals surface area contributed by atoms with Gasteiger partial charge in [0.1, 0.15) is 4.60 Å². The number of nitrogens with zero attached hydrogens (tertiary/aromatic N) is 1. The summed E-state index contributed by atoms with van der Waals surface area (Å²) < 4.78 is 18.8. The Bertz CT molecular complexity index is 619. The minimum Gasteiger partial charge on any atom is -0.494 e. The zero-order valence-corrected chi connectivity index (χ0v) is 11.6. The average molecular weight is 325 g/mol. The van der Waals surface area contributed by atoms with Gasteiger partial charge in [0.15, 0.2) is 11.6 Å². The minimum absolute atomic E-state index is 0.0964. The van der Waals surface area contributed by atoms with Crippen LogP contribution in [0.3, 0.4) is 0 Å². The summed E-state index contributed by atoms with van der Waals surface area (Å²) in [5, 5.41) is 2.64. The van der Waals surface area contributed by atoms with Crippen LogP contribution >= 0.6 is 15.9 Å². The van der Waals surface area contributed by atoms with Gasteiger partial charge in [0, 0.05) is 11.8 Å². The lowest BCUT2D eigenvalue weighted by atomic mass is 10.2. The quantitative estimate of drug-likeness (QED) is 0.882. The summed E-state index contributed by atoms with van der Waals surface area (Å²) in [7, 11) is 1.37. The van der Waals surface area contributed by atoms with Gasteiger partial charge in [-0.15, -0.1) is 0 Å². The normalized spacial score (nSPS) is 10.1. The molecule has 1 aromatic heterocycles. The average Bonchev–Trinajstić information content (AvgIpc) is 2.41. The van der Waals surface area contributed by atoms with Crippen LogP contribution in [0.4, 0.5) is 10.1 Å². The van der Waals surface area contributed by atoms with Crippen molar-refractivity contribution in [1.29, 1.82) is 0 Å². The van der Waals surface area contributed by atoms with Crippen LogP contribution in [0.15, 0.2) is 41.1 Å². The third-order valence-corrected chi connectivity index (χ3v) is 3.05. The maximum absolute atomic E-state index is 13.5. The van der Waals surface area contributed by atoms with Crippen LogP contribution < -0.4 is 10.1 Å². The number of rotatable bonds is 3. The van der Waals surface area contributed by atoms with Gasteiger partial charge in [0.2, 0.25) is 0 Å². The fraction of sp³-hybridized carbons (Fsp3) is 0.0769. The molecule has 1 N–H and O–H groups in total. The molecule has 98 valence electrons. The number of carbonyl (C=O) groups is 1. The smallest absolute Gasteiger partial charge is 0.255 e. The predicted molar refractivity (Wildman–Crippen MR) is 72.8 cm³/mol. The Morgan fingerprint density at radius 1 is 1.42 bits per heavy atom. The highest BCUT2D eigenvalue weighted by molar-refractivity contribution is 9.10. The van der Waals surface area contributed by atoms with Crippen molar-refractivity contribution in [3.8, 4) is 5.75 Å². The first kappa shape index (κ1) is 13.5. The molecule has 1 aromatic carbocycles. The van der Waals surface area contributed by atoms with Gasteiger partial charge in [-0.1, -0.05) is 0 Å². The minimum atomic E-state index is -0.583. The third-order valence-electron chi connectivity index (χ3n) is 2.42. The summed E-state index contributed by atoms with van der Waals surface area (Å²) in [4.78, 5) is 15.9. The highest BCUT2D eigenvalue weighted by atomic mass is 79.9. The highest BCUT2D eigenvalue weighted by Crippen LogP contribution is 2.21. The third kappa shape index (κ3) is 3.08. The fourth-order valence-electron chi connectivity index (χ4n) is 1.48. The van der Waals surface area contributed by atoms with Crippen LogP contribution in [0, 0.1) is 5.82 Å². The molecule has 1 amide bonds. The largest absolute Gasteiger partial charge is 0.494 e. The first-order chi connectivity index (χ1) is 9.11. The Morgan fingerprint density at radius 2 is 2.21 bits per heavy atom. The van der Waals surface area contributed by atoms with Gasteiger partial charge in [-0.3, -0.25) is 4.79 Å². The SMILES string of the molecule is COc1ccc(C(=O)Nc2cccnc2Br)cc1F. The zero-order valence-electron chi connectivity index (χ0n) is 9.98. The number of anilines is 1. The van der Waals surface area contributed by atoms with Crippen LogP contribution in [0.1, 0.15) is 10.4 Å². The van der Waals surface area contributed by atoms with Crippen molar-refractivity contribution in [3.63, 3.8) is 0 Å². The van der Waals surface area contributed by atoms with Crippen LogP contribution in [0.5, 0.6) is 5.75 Å². The number of hydrogen-bond donors (Lipinski definition) is 1. The Kier molecular flexibility index (Phi) is 4.11. The lowest BCUT2D eigenvalue weighted by Gasteiger charge is -2.07. The predicted octanol–water partition coefficient (Wildman–Crippen LogP) is 3.24. The van der Waals surface area contributed by atoms with E-state index in [1.165, 1.54) is 19.2 Å². The van der Waals surface area contributed by atoms with Crippen LogP contribution in [0.25, 0.3) is 0 Å². The van der Waals surface area contributed by atoms with Crippen molar-refractivity contribution in [1.82, 2.24) is 4.98 Å². The van der Waals surface area contributed by atoms with Crippen molar-refractivity contribution >= 4 is 27.5 Å². The van der Waals surface area contributed by atoms with Crippen molar-refractivity contribution in [2.24, 2.45) is 0 Å². The van der Waals surface area contributed by atoms with Gasteiger partial charge >= 0.3 is 0 Å². The molecule has 0 saturated carbocycles. The molecule has 19 heavy (non-hydrogen) atoms. The summed E-state index contributed by atoms with van der Waals surface area (Å²) in [6, 6.07) is 7.40. The molecule has 2 aromatic rings. The molecular formula is C13H10BrFN2O2. The molecule has 0 saturated heterocycles. The molecule has 0 aliphatic carbocycles. The molecule has 0 radical (unpaired) electrons. The van der Waals surface area contributed by atoms with Crippen molar-refractivity contribution in [2.75, 3.05) is 12.4 Å². The number of nitrogens with one attached hydrogen (secondary N) is 1. The number of halogens is 2. The summed E-state index contributed by atoms with van der Waals surface area (Å²) in [6.45, 7) is 0. The van der Waals surface area contributed by atoms with E-state index in [1.807, 2.05) is 0 Å². The number of hydrogen-bond acceptors (Lipinski definition) is 3. The van der Waals surface area contributed by atoms with E-state index >= 15 is 0 Å². The molecular weight excluding hydrogens is 315 g/mol. The second kappa shape index (κ2) is 5.79. The first-order valence-corrected chi connectivity index (χ1v) is 6.16. The molecule has 0 aliphatic rings. The van der Waals surface area contributed by atoms with E-state index in [1.54, 1.807) is 18.3 Å². The molecule has 4 nitrogen and oxygen atoms in total. The number of amides is 1. The Labute approximate surface area is 117 Å². The van der Waals surface area contributed by atoms with E-state index in [2.05, 4.69) is 26.2 Å². The monoisotopic (exact) mass is 324 g/mol. The number of carbonyl (C=O) groups excluding carboxylic acids is 1. The Morgan fingerprint density at radius 3 is 2.84 bits per heavy atom. The summed E-state index contributed by atoms with van der Waals surface area (Å²) >= 11 is 3.21. The lowest BCUT2D eigenvalue weighted by Crippen LogP contribution is -2.12. The van der Waals surface area contributed by atoms with Crippen molar-refractivity contribution < 1.29 is 13.9 Å². The van der Waals surface area contributed by atoms with Crippen LogP contribution in [-0.4, -0.2) is 18.0 Å². The number of aromatic nitrogens is 1. The molecule has 6 heteroatoms. The second-order valence-corrected chi connectivity index (χ2v) is 4.40. The van der Waals surface area contributed by atoms with Gasteiger partial charge in [-0.25, -0.2) is 9.37 Å². The van der Waals surface area contributed by atoms with E-state index in [9.17, 15) is 9.18 Å². The molecule has 0 unspecified atom stereocenters. The molecule has 0 atom stereocenters. The molecule has 0 bridgehead atoms. The number of ether oxygens (including phenoxy) is 1. The fourth-order valence-corrected chi connectivity index (χ4v) is 1.83. The van der Waals surface area contributed by atoms with Crippen molar-refractivity contribution in [3.05, 3.63) is 52.5 Å². The van der Waals surface area contributed by atoms with E-state index < -0.39 is 11.7 Å². The number of methoxy groups -OCH3 is 1. The molecule has 0 aliphatic heterocycles. The molecule has 2 rings (SSSR count). The van der Waals surface area contributed by atoms with E-state index in [0.717, 1.165) is 6.07 Å². The Balaban J connectivity index is 2.21. The molecule has 0 spiro atoms.